The van der Waals surface area contributed by atoms with Crippen LogP contribution in [0.25, 0.3) is 0 Å². The summed E-state index contributed by atoms with van der Waals surface area (Å²) in [5, 5.41) is 10.5. The minimum atomic E-state index is -4.74. The van der Waals surface area contributed by atoms with Gasteiger partial charge in [-0.2, -0.15) is 0 Å². The molecule has 16 atom stereocenters. The predicted octanol–water partition coefficient (Wildman–Crippen LogP) is 14.4. The second-order valence-corrected chi connectivity index (χ2v) is 49.9. The Morgan fingerprint density at radius 3 is 1.80 bits per heavy atom. The van der Waals surface area contributed by atoms with E-state index in [0.717, 1.165) is 11.1 Å². The number of esters is 3. The molecule has 20 nitrogen and oxygen atoms in total. The smallest absolute Gasteiger partial charge is 0.338 e. The second kappa shape index (κ2) is 35.9. The van der Waals surface area contributed by atoms with Gasteiger partial charge in [0.2, 0.25) is 0 Å². The van der Waals surface area contributed by atoms with Gasteiger partial charge in [-0.15, -0.1) is 0 Å². The molecule has 0 amide bonds. The molecule has 24 heteroatoms. The average Bonchev–Trinajstić information content (AvgIpc) is 1.73. The van der Waals surface area contributed by atoms with Crippen molar-refractivity contribution in [3.05, 3.63) is 150 Å². The van der Waals surface area contributed by atoms with E-state index in [0.29, 0.717) is 37.7 Å². The highest BCUT2D eigenvalue weighted by Gasteiger charge is 2.58. The number of aliphatic hydroxyl groups is 1. The van der Waals surface area contributed by atoms with Crippen LogP contribution in [0.2, 0.25) is 54.4 Å². The number of allylic oxidation sites excluding steroid dienone is 3. The number of benzene rings is 3. The molecule has 0 radical (unpaired) electrons. The molecule has 12 unspecified atom stereocenters. The Bertz CT molecular complexity index is 3650. The summed E-state index contributed by atoms with van der Waals surface area (Å²) in [6, 6.07) is 24.3. The van der Waals surface area contributed by atoms with Crippen LogP contribution >= 0.6 is 0 Å². The van der Waals surface area contributed by atoms with Crippen molar-refractivity contribution in [2.75, 3.05) is 34.0 Å². The monoisotopic (exact) mass is 1530 g/mol. The number of carbonyl (C=O) groups is 5. The van der Waals surface area contributed by atoms with Crippen molar-refractivity contribution in [1.29, 1.82) is 0 Å². The van der Waals surface area contributed by atoms with Gasteiger partial charge in [0.1, 0.15) is 49.5 Å². The number of hydrogen-bond acceptors (Lipinski definition) is 20. The lowest BCUT2D eigenvalue weighted by Crippen LogP contribution is -2.67. The van der Waals surface area contributed by atoms with Crippen molar-refractivity contribution in [2.45, 2.75) is 283 Å². The summed E-state index contributed by atoms with van der Waals surface area (Å²) >= 11 is 0. The zero-order valence-electron chi connectivity index (χ0n) is 65.2. The summed E-state index contributed by atoms with van der Waals surface area (Å²) in [7, 11) is -10.2. The van der Waals surface area contributed by atoms with E-state index < -0.39 is 150 Å². The molecule has 8 rings (SSSR count). The maximum atomic E-state index is 16.1. The lowest BCUT2D eigenvalue weighted by Gasteiger charge is -2.53. The van der Waals surface area contributed by atoms with Crippen molar-refractivity contribution in [3.63, 3.8) is 0 Å². The number of rotatable bonds is 20. The summed E-state index contributed by atoms with van der Waals surface area (Å²) in [5.41, 5.74) is 2.80. The number of ketones is 2. The summed E-state index contributed by atoms with van der Waals surface area (Å²) in [4.78, 5) is 71.3. The number of ether oxygens (including phenoxy) is 9. The fourth-order valence-electron chi connectivity index (χ4n) is 13.7. The van der Waals surface area contributed by atoms with Gasteiger partial charge >= 0.3 is 17.9 Å². The molecule has 3 aromatic carbocycles. The topological polar surface area (TPSA) is 250 Å². The van der Waals surface area contributed by atoms with Gasteiger partial charge < -0.3 is 61.0 Å². The molecule has 3 aromatic rings. The first kappa shape index (κ1) is 85.2. The molecular weight excluding hydrogens is 1410 g/mol. The Morgan fingerprint density at radius 1 is 0.648 bits per heavy atom. The Balaban J connectivity index is 1.29. The minimum Gasteiger partial charge on any atom is -0.459 e. The highest BCUT2D eigenvalue weighted by molar-refractivity contribution is 7.92. The van der Waals surface area contributed by atoms with Gasteiger partial charge in [-0.05, 0) is 166 Å². The first-order valence-electron chi connectivity index (χ1n) is 37.2. The normalized spacial score (nSPS) is 29.2. The highest BCUT2D eigenvalue weighted by atomic mass is 32.2. The molecule has 0 spiro atoms. The Hall–Kier alpha value is -5.43. The third-order valence-corrected chi connectivity index (χ3v) is 38.4. The van der Waals surface area contributed by atoms with E-state index in [2.05, 4.69) is 108 Å². The predicted molar refractivity (Wildman–Crippen MR) is 410 cm³/mol. The molecule has 0 aromatic heterocycles. The summed E-state index contributed by atoms with van der Waals surface area (Å²) < 4.78 is 112. The standard InChI is InChI=1S/C81H118O20SSi3/c1-52-45-58-42-44-63-53(2)46-57(94-63)41-39-56(82)40-43-65(99-103(14,15)79(3,4)5)74-75(101-105(18,19)81(9,10)11)71(85)73(100-104(16,17)80(6,7)8)64(98-74)38-30-29-37-62(83)76(102(88,89)60-35-27-22-28-36-60)70-67(48-66(95-58)61(52)50-92-69(84)51-90-12)97-68(72(70)91-13)47-59(96-78(87)55-33-25-21-26-34-55)49-93-77(86)54-31-23-20-24-32-54/h20-29,31-37,40,43,57-59,63-68,70-76,85H,2,30,38-39,41-42,44-51H2,1,3-19H3/b37-29-,43-40+/t57?,58?,59-,63?,64-,65?,66?,67?,68?,70?,71-,72-,73?,74?,75?,76?/m0/s1. The molecule has 105 heavy (non-hydrogen) atoms. The summed E-state index contributed by atoms with van der Waals surface area (Å²) in [5.74, 6) is -4.35. The first-order valence-corrected chi connectivity index (χ1v) is 47.5. The third-order valence-electron chi connectivity index (χ3n) is 22.8. The number of sulfone groups is 1. The third kappa shape index (κ3) is 21.8. The molecule has 6 bridgehead atoms. The van der Waals surface area contributed by atoms with Gasteiger partial charge in [-0.25, -0.2) is 22.8 Å². The number of methoxy groups -OCH3 is 2. The van der Waals surface area contributed by atoms with E-state index >= 15 is 13.2 Å². The van der Waals surface area contributed by atoms with Gasteiger partial charge in [0.15, 0.2) is 46.4 Å². The molecule has 0 saturated carbocycles. The van der Waals surface area contributed by atoms with Crippen LogP contribution in [-0.2, 0) is 80.1 Å². The molecule has 1 N–H and O–H groups in total. The Labute approximate surface area is 627 Å². The van der Waals surface area contributed by atoms with E-state index in [1.54, 1.807) is 97.1 Å². The van der Waals surface area contributed by atoms with E-state index in [4.69, 9.17) is 55.9 Å². The molecule has 5 aliphatic rings. The maximum Gasteiger partial charge on any atom is 0.338 e. The molecule has 3 fully saturated rings. The number of hydrogen-bond donors (Lipinski definition) is 1. The largest absolute Gasteiger partial charge is 0.459 e. The maximum absolute atomic E-state index is 16.1. The van der Waals surface area contributed by atoms with E-state index in [9.17, 15) is 24.3 Å². The van der Waals surface area contributed by atoms with Crippen LogP contribution in [0.3, 0.4) is 0 Å². The second-order valence-electron chi connectivity index (χ2n) is 33.5. The number of aliphatic hydroxyl groups excluding tert-OH is 1. The van der Waals surface area contributed by atoms with Gasteiger partial charge in [-0.1, -0.05) is 141 Å². The van der Waals surface area contributed by atoms with Crippen LogP contribution in [0.15, 0.2) is 143 Å². The van der Waals surface area contributed by atoms with Gasteiger partial charge in [0.05, 0.1) is 77.1 Å². The van der Waals surface area contributed by atoms with Crippen molar-refractivity contribution >= 4 is 64.3 Å². The van der Waals surface area contributed by atoms with Crippen molar-refractivity contribution in [1.82, 2.24) is 0 Å². The quantitative estimate of drug-likeness (QED) is 0.0478. The van der Waals surface area contributed by atoms with E-state index in [-0.39, 0.29) is 94.4 Å². The van der Waals surface area contributed by atoms with Crippen LogP contribution in [0.1, 0.15) is 154 Å². The van der Waals surface area contributed by atoms with Crippen molar-refractivity contribution < 1.29 is 93.4 Å². The average molecular weight is 1530 g/mol. The van der Waals surface area contributed by atoms with Gasteiger partial charge in [0.25, 0.3) is 0 Å². The fraction of sp³-hybridized carbons (Fsp3) is 0.617. The molecule has 5 heterocycles. The molecule has 3 saturated heterocycles. The molecule has 5 aliphatic heterocycles. The molecule has 580 valence electrons. The van der Waals surface area contributed by atoms with Crippen LogP contribution < -0.4 is 0 Å². The van der Waals surface area contributed by atoms with Gasteiger partial charge in [0, 0.05) is 39.4 Å². The minimum absolute atomic E-state index is 0.100. The van der Waals surface area contributed by atoms with E-state index in [1.165, 1.54) is 32.4 Å². The molecular formula is C81H118O20SSi3. The Kier molecular flexibility index (Phi) is 29.2. The van der Waals surface area contributed by atoms with Crippen LogP contribution in [0.5, 0.6) is 0 Å². The highest BCUT2D eigenvalue weighted by Crippen LogP contribution is 2.48. The Morgan fingerprint density at radius 2 is 1.21 bits per heavy atom. The fourth-order valence-corrected chi connectivity index (χ4v) is 19.6. The van der Waals surface area contributed by atoms with Crippen LogP contribution in [0, 0.1) is 5.92 Å². The summed E-state index contributed by atoms with van der Waals surface area (Å²) in [6.45, 7) is 37.3. The number of fused-ring (bicyclic) bond motifs is 7. The first-order chi connectivity index (χ1) is 49.2. The van der Waals surface area contributed by atoms with Crippen molar-refractivity contribution in [3.8, 4) is 0 Å². The molecule has 0 aliphatic carbocycles. The number of carbonyl (C=O) groups excluding carboxylic acids is 5. The lowest BCUT2D eigenvalue weighted by atomic mass is 9.84. The zero-order valence-corrected chi connectivity index (χ0v) is 69.0. The van der Waals surface area contributed by atoms with Crippen molar-refractivity contribution in [2.24, 2.45) is 5.92 Å². The van der Waals surface area contributed by atoms with E-state index in [1.807, 2.05) is 6.92 Å². The van der Waals surface area contributed by atoms with Crippen LogP contribution in [0.4, 0.5) is 0 Å². The summed E-state index contributed by atoms with van der Waals surface area (Å²) in [6.07, 6.45) is -4.19. The lowest BCUT2D eigenvalue weighted by molar-refractivity contribution is -0.229. The van der Waals surface area contributed by atoms with Crippen LogP contribution in [-0.4, -0.2) is 193 Å². The van der Waals surface area contributed by atoms with Gasteiger partial charge in [-0.3, -0.25) is 9.59 Å². The zero-order chi connectivity index (χ0) is 77.2. The SMILES string of the molecule is C=C1CC2CCC(=O)/C=C/C(O[Si](C)(C)C(C)(C)C)C3O[C@@H](CC/C=C\C(=O)C(S(=O)(=O)c4ccccc4)C4C(CC5OC(CCC1O2)CC(C)=C5COC(=O)COC)OC(C[C@@H](COC(=O)c1ccccc1)OC(=O)c1ccccc1)[C@@H]4OC)C(O[Si](C)(C)C(C)(C)C)[C@H](O)C3O[Si](C)(C)C(C)(C)C.